The maximum atomic E-state index is 12.1. The SMILES string of the molecule is COc1ccc(Cl)c(NC(=O)C2CC3CC3C2)c1. The lowest BCUT2D eigenvalue weighted by Crippen LogP contribution is -2.21. The monoisotopic (exact) mass is 265 g/mol. The van der Waals surface area contributed by atoms with E-state index in [2.05, 4.69) is 5.32 Å². The Bertz CT molecular complexity index is 479. The Morgan fingerprint density at radius 1 is 1.33 bits per heavy atom. The summed E-state index contributed by atoms with van der Waals surface area (Å²) in [6.45, 7) is 0. The molecule has 2 aliphatic rings. The lowest BCUT2D eigenvalue weighted by molar-refractivity contribution is -0.120. The van der Waals surface area contributed by atoms with E-state index in [-0.39, 0.29) is 11.8 Å². The number of nitrogens with one attached hydrogen (secondary N) is 1. The average Bonchev–Trinajstić information content (AvgIpc) is 2.98. The summed E-state index contributed by atoms with van der Waals surface area (Å²) >= 11 is 6.07. The van der Waals surface area contributed by atoms with Crippen LogP contribution in [-0.2, 0) is 4.79 Å². The second kappa shape index (κ2) is 4.47. The van der Waals surface area contributed by atoms with Crippen LogP contribution in [0.5, 0.6) is 5.75 Å². The number of benzene rings is 1. The summed E-state index contributed by atoms with van der Waals surface area (Å²) in [4.78, 5) is 12.1. The highest BCUT2D eigenvalue weighted by Crippen LogP contribution is 2.54. The van der Waals surface area contributed by atoms with E-state index in [9.17, 15) is 4.79 Å². The second-order valence-electron chi connectivity index (χ2n) is 5.26. The maximum Gasteiger partial charge on any atom is 0.227 e. The minimum absolute atomic E-state index is 0.0948. The van der Waals surface area contributed by atoms with Gasteiger partial charge in [0.2, 0.25) is 5.91 Å². The second-order valence-corrected chi connectivity index (χ2v) is 5.67. The van der Waals surface area contributed by atoms with Crippen molar-refractivity contribution >= 4 is 23.2 Å². The van der Waals surface area contributed by atoms with Gasteiger partial charge in [0.1, 0.15) is 5.75 Å². The number of halogens is 1. The summed E-state index contributed by atoms with van der Waals surface area (Å²) in [6, 6.07) is 5.28. The van der Waals surface area contributed by atoms with Crippen LogP contribution in [0.2, 0.25) is 5.02 Å². The molecule has 3 nitrogen and oxygen atoms in total. The molecule has 2 atom stereocenters. The van der Waals surface area contributed by atoms with Crippen LogP contribution in [0.25, 0.3) is 0 Å². The van der Waals surface area contributed by atoms with Gasteiger partial charge in [0.25, 0.3) is 0 Å². The fourth-order valence-corrected chi connectivity index (χ4v) is 3.06. The van der Waals surface area contributed by atoms with Crippen LogP contribution in [0.15, 0.2) is 18.2 Å². The molecule has 4 heteroatoms. The highest BCUT2D eigenvalue weighted by atomic mass is 35.5. The topological polar surface area (TPSA) is 38.3 Å². The highest BCUT2D eigenvalue weighted by molar-refractivity contribution is 6.33. The number of ether oxygens (including phenoxy) is 1. The molecule has 1 aromatic rings. The fourth-order valence-electron chi connectivity index (χ4n) is 2.89. The third-order valence-corrected chi connectivity index (χ3v) is 4.38. The first kappa shape index (κ1) is 11.8. The van der Waals surface area contributed by atoms with Crippen molar-refractivity contribution in [2.45, 2.75) is 19.3 Å². The van der Waals surface area contributed by atoms with Crippen LogP contribution in [0.1, 0.15) is 19.3 Å². The van der Waals surface area contributed by atoms with Gasteiger partial charge < -0.3 is 10.1 Å². The number of amides is 1. The largest absolute Gasteiger partial charge is 0.497 e. The molecule has 96 valence electrons. The van der Waals surface area contributed by atoms with Crippen molar-refractivity contribution in [2.24, 2.45) is 17.8 Å². The molecular weight excluding hydrogens is 250 g/mol. The molecule has 2 unspecified atom stereocenters. The molecule has 1 aromatic carbocycles. The Labute approximate surface area is 111 Å². The summed E-state index contributed by atoms with van der Waals surface area (Å²) < 4.78 is 5.13. The molecule has 0 bridgehead atoms. The minimum atomic E-state index is 0.0948. The molecule has 0 radical (unpaired) electrons. The van der Waals surface area contributed by atoms with Gasteiger partial charge in [-0.2, -0.15) is 0 Å². The zero-order chi connectivity index (χ0) is 12.7. The van der Waals surface area contributed by atoms with Gasteiger partial charge in [-0.15, -0.1) is 0 Å². The Morgan fingerprint density at radius 2 is 2.06 bits per heavy atom. The number of methoxy groups -OCH3 is 1. The van der Waals surface area contributed by atoms with Gasteiger partial charge >= 0.3 is 0 Å². The molecule has 0 saturated heterocycles. The minimum Gasteiger partial charge on any atom is -0.497 e. The summed E-state index contributed by atoms with van der Waals surface area (Å²) in [5.41, 5.74) is 0.640. The molecule has 0 aliphatic heterocycles. The number of anilines is 1. The molecule has 2 fully saturated rings. The van der Waals surface area contributed by atoms with Crippen molar-refractivity contribution in [2.75, 3.05) is 12.4 Å². The van der Waals surface area contributed by atoms with Crippen LogP contribution in [-0.4, -0.2) is 13.0 Å². The molecule has 1 N–H and O–H groups in total. The molecule has 0 heterocycles. The van der Waals surface area contributed by atoms with E-state index in [0.29, 0.717) is 16.5 Å². The van der Waals surface area contributed by atoms with Crippen LogP contribution in [0.3, 0.4) is 0 Å². The van der Waals surface area contributed by atoms with Gasteiger partial charge in [0.15, 0.2) is 0 Å². The van der Waals surface area contributed by atoms with E-state index < -0.39 is 0 Å². The van der Waals surface area contributed by atoms with Crippen LogP contribution >= 0.6 is 11.6 Å². The quantitative estimate of drug-likeness (QED) is 0.910. The Kier molecular flexibility index (Phi) is 2.94. The average molecular weight is 266 g/mol. The standard InChI is InChI=1S/C14H16ClNO2/c1-18-11-2-3-12(15)13(7-11)16-14(17)10-5-8-4-9(8)6-10/h2-3,7-10H,4-6H2,1H3,(H,16,17). The fraction of sp³-hybridized carbons (Fsp3) is 0.500. The first-order valence-corrected chi connectivity index (χ1v) is 6.69. The smallest absolute Gasteiger partial charge is 0.227 e. The third kappa shape index (κ3) is 2.19. The van der Waals surface area contributed by atoms with Crippen molar-refractivity contribution in [3.05, 3.63) is 23.2 Å². The zero-order valence-corrected chi connectivity index (χ0v) is 11.0. The molecule has 0 spiro atoms. The van der Waals surface area contributed by atoms with E-state index in [0.717, 1.165) is 24.7 Å². The van der Waals surface area contributed by atoms with E-state index >= 15 is 0 Å². The number of fused-ring (bicyclic) bond motifs is 1. The summed E-state index contributed by atoms with van der Waals surface area (Å²) in [6.07, 6.45) is 3.40. The first-order chi connectivity index (χ1) is 8.67. The predicted molar refractivity (Wildman–Crippen MR) is 71.0 cm³/mol. The van der Waals surface area contributed by atoms with Crippen molar-refractivity contribution in [3.63, 3.8) is 0 Å². The number of rotatable bonds is 3. The molecule has 0 aromatic heterocycles. The van der Waals surface area contributed by atoms with E-state index in [1.807, 2.05) is 0 Å². The van der Waals surface area contributed by atoms with Crippen molar-refractivity contribution in [1.82, 2.24) is 0 Å². The molecule has 2 saturated carbocycles. The number of carbonyl (C=O) groups is 1. The number of hydrogen-bond donors (Lipinski definition) is 1. The lowest BCUT2D eigenvalue weighted by atomic mass is 10.0. The Morgan fingerprint density at radius 3 is 2.72 bits per heavy atom. The van der Waals surface area contributed by atoms with Gasteiger partial charge in [-0.3, -0.25) is 4.79 Å². The summed E-state index contributed by atoms with van der Waals surface area (Å²) in [5.74, 6) is 2.57. The Hall–Kier alpha value is -1.22. The highest BCUT2D eigenvalue weighted by Gasteiger charge is 2.48. The van der Waals surface area contributed by atoms with E-state index in [1.165, 1.54) is 6.42 Å². The molecule has 3 rings (SSSR count). The van der Waals surface area contributed by atoms with Crippen LogP contribution < -0.4 is 10.1 Å². The van der Waals surface area contributed by atoms with Crippen molar-refractivity contribution in [1.29, 1.82) is 0 Å². The van der Waals surface area contributed by atoms with Crippen molar-refractivity contribution < 1.29 is 9.53 Å². The summed E-state index contributed by atoms with van der Waals surface area (Å²) in [5, 5.41) is 3.47. The van der Waals surface area contributed by atoms with Crippen LogP contribution in [0, 0.1) is 17.8 Å². The van der Waals surface area contributed by atoms with Gasteiger partial charge in [-0.1, -0.05) is 11.6 Å². The van der Waals surface area contributed by atoms with E-state index in [1.54, 1.807) is 25.3 Å². The van der Waals surface area contributed by atoms with Crippen LogP contribution in [0.4, 0.5) is 5.69 Å². The van der Waals surface area contributed by atoms with Gasteiger partial charge in [0.05, 0.1) is 17.8 Å². The molecule has 18 heavy (non-hydrogen) atoms. The van der Waals surface area contributed by atoms with Crippen molar-refractivity contribution in [3.8, 4) is 5.75 Å². The van der Waals surface area contributed by atoms with Gasteiger partial charge in [-0.25, -0.2) is 0 Å². The molecular formula is C14H16ClNO2. The maximum absolute atomic E-state index is 12.1. The molecule has 1 amide bonds. The normalized spacial score (nSPS) is 28.7. The van der Waals surface area contributed by atoms with E-state index in [4.69, 9.17) is 16.3 Å². The first-order valence-electron chi connectivity index (χ1n) is 6.32. The predicted octanol–water partition coefficient (Wildman–Crippen LogP) is 3.33. The summed E-state index contributed by atoms with van der Waals surface area (Å²) in [7, 11) is 1.60. The molecule has 2 aliphatic carbocycles. The van der Waals surface area contributed by atoms with Gasteiger partial charge in [0, 0.05) is 12.0 Å². The third-order valence-electron chi connectivity index (χ3n) is 4.05. The Balaban J connectivity index is 1.69. The number of hydrogen-bond acceptors (Lipinski definition) is 2. The lowest BCUT2D eigenvalue weighted by Gasteiger charge is -2.14. The van der Waals surface area contributed by atoms with Gasteiger partial charge in [-0.05, 0) is 43.2 Å². The zero-order valence-electron chi connectivity index (χ0n) is 10.3. The number of carbonyl (C=O) groups excluding carboxylic acids is 1.